The third-order valence-electron chi connectivity index (χ3n) is 0.820. The number of hydrogen-bond donors (Lipinski definition) is 3. The van der Waals surface area contributed by atoms with Crippen LogP contribution in [0.1, 0.15) is 0 Å². The van der Waals surface area contributed by atoms with E-state index < -0.39 is 0 Å². The first-order valence-corrected chi connectivity index (χ1v) is 2.25. The van der Waals surface area contributed by atoms with Crippen LogP contribution in [-0.4, -0.2) is 22.4 Å². The van der Waals surface area contributed by atoms with Gasteiger partial charge in [0.15, 0.2) is 5.82 Å². The van der Waals surface area contributed by atoms with E-state index in [1.165, 1.54) is 6.07 Å². The van der Waals surface area contributed by atoms with Crippen molar-refractivity contribution in [3.05, 3.63) is 6.07 Å². The smallest absolute Gasteiger partial charge is 0.208 e. The minimum atomic E-state index is 0.0781. The topological polar surface area (TPSA) is 60.9 Å². The molecule has 1 heterocycles. The van der Waals surface area contributed by atoms with Gasteiger partial charge in [0.2, 0.25) is 5.88 Å². The first-order chi connectivity index (χ1) is 3.83. The van der Waals surface area contributed by atoms with Crippen molar-refractivity contribution in [2.75, 3.05) is 12.4 Å². The molecule has 0 spiro atoms. The van der Waals surface area contributed by atoms with E-state index in [0.29, 0.717) is 5.82 Å². The molecule has 1 aromatic rings. The van der Waals surface area contributed by atoms with E-state index in [2.05, 4.69) is 15.5 Å². The van der Waals surface area contributed by atoms with E-state index in [0.717, 1.165) is 0 Å². The van der Waals surface area contributed by atoms with Gasteiger partial charge >= 0.3 is 0 Å². The highest BCUT2D eigenvalue weighted by molar-refractivity contribution is 5.35. The van der Waals surface area contributed by atoms with Crippen LogP contribution in [0.25, 0.3) is 0 Å². The van der Waals surface area contributed by atoms with Crippen LogP contribution >= 0.6 is 0 Å². The summed E-state index contributed by atoms with van der Waals surface area (Å²) in [5, 5.41) is 17.4. The van der Waals surface area contributed by atoms with E-state index in [4.69, 9.17) is 5.11 Å². The second-order valence-electron chi connectivity index (χ2n) is 1.39. The van der Waals surface area contributed by atoms with Crippen LogP contribution in [0.5, 0.6) is 5.88 Å². The largest absolute Gasteiger partial charge is 0.494 e. The van der Waals surface area contributed by atoms with E-state index >= 15 is 0 Å². The Morgan fingerprint density at radius 2 is 2.62 bits per heavy atom. The van der Waals surface area contributed by atoms with Crippen LogP contribution in [0.15, 0.2) is 6.07 Å². The quantitative estimate of drug-likeness (QED) is 0.486. The molecule has 0 atom stereocenters. The molecule has 8 heavy (non-hydrogen) atoms. The zero-order valence-corrected chi connectivity index (χ0v) is 4.47. The standard InChI is InChI=1S/C4H7N3O/c1-5-3-2-4(8)7-6-3/h2H,1H3,(H3,5,6,7,8). The van der Waals surface area contributed by atoms with Gasteiger partial charge in [-0.2, -0.15) is 5.10 Å². The van der Waals surface area contributed by atoms with Crippen molar-refractivity contribution in [2.45, 2.75) is 0 Å². The van der Waals surface area contributed by atoms with Crippen LogP contribution in [0.4, 0.5) is 5.82 Å². The van der Waals surface area contributed by atoms with Crippen molar-refractivity contribution in [3.63, 3.8) is 0 Å². The molecule has 0 aromatic carbocycles. The molecule has 0 radical (unpaired) electrons. The first kappa shape index (κ1) is 4.96. The molecule has 0 fully saturated rings. The van der Waals surface area contributed by atoms with Crippen LogP contribution in [0.2, 0.25) is 0 Å². The van der Waals surface area contributed by atoms with Gasteiger partial charge in [0.05, 0.1) is 0 Å². The van der Waals surface area contributed by atoms with Gasteiger partial charge in [-0.25, -0.2) is 5.10 Å². The summed E-state index contributed by atoms with van der Waals surface area (Å²) in [6.07, 6.45) is 0. The fourth-order valence-corrected chi connectivity index (χ4v) is 0.440. The molecule has 4 heteroatoms. The predicted molar refractivity (Wildman–Crippen MR) is 29.8 cm³/mol. The third-order valence-corrected chi connectivity index (χ3v) is 0.820. The lowest BCUT2D eigenvalue weighted by Crippen LogP contribution is -1.85. The highest BCUT2D eigenvalue weighted by Crippen LogP contribution is 2.07. The van der Waals surface area contributed by atoms with E-state index in [1.54, 1.807) is 7.05 Å². The minimum absolute atomic E-state index is 0.0781. The SMILES string of the molecule is CNc1cc(O)[nH]n1. The zero-order chi connectivity index (χ0) is 5.98. The second kappa shape index (κ2) is 1.73. The van der Waals surface area contributed by atoms with Crippen molar-refractivity contribution >= 4 is 5.82 Å². The Hall–Kier alpha value is -1.19. The highest BCUT2D eigenvalue weighted by atomic mass is 16.3. The number of hydrogen-bond acceptors (Lipinski definition) is 3. The maximum atomic E-state index is 8.63. The Morgan fingerprint density at radius 3 is 2.88 bits per heavy atom. The lowest BCUT2D eigenvalue weighted by molar-refractivity contribution is 0.452. The van der Waals surface area contributed by atoms with Crippen LogP contribution in [-0.2, 0) is 0 Å². The third kappa shape index (κ3) is 0.726. The molecule has 0 saturated carbocycles. The molecule has 3 N–H and O–H groups in total. The van der Waals surface area contributed by atoms with Crippen LogP contribution in [0.3, 0.4) is 0 Å². The van der Waals surface area contributed by atoms with Crippen molar-refractivity contribution in [1.29, 1.82) is 0 Å². The molecule has 0 amide bonds. The Morgan fingerprint density at radius 1 is 1.88 bits per heavy atom. The van der Waals surface area contributed by atoms with Gasteiger partial charge in [-0.3, -0.25) is 0 Å². The van der Waals surface area contributed by atoms with E-state index in [9.17, 15) is 0 Å². The molecule has 0 saturated heterocycles. The Balaban J connectivity index is 2.84. The van der Waals surface area contributed by atoms with Crippen molar-refractivity contribution < 1.29 is 5.11 Å². The summed E-state index contributed by atoms with van der Waals surface area (Å²) in [7, 11) is 1.73. The summed E-state index contributed by atoms with van der Waals surface area (Å²) in [5.41, 5.74) is 0. The van der Waals surface area contributed by atoms with Gasteiger partial charge in [0, 0.05) is 13.1 Å². The van der Waals surface area contributed by atoms with Crippen molar-refractivity contribution in [3.8, 4) is 5.88 Å². The summed E-state index contributed by atoms with van der Waals surface area (Å²) in [5.74, 6) is 0.719. The minimum Gasteiger partial charge on any atom is -0.494 e. The predicted octanol–water partition coefficient (Wildman–Crippen LogP) is 0.157. The van der Waals surface area contributed by atoms with Crippen LogP contribution < -0.4 is 5.32 Å². The van der Waals surface area contributed by atoms with Gasteiger partial charge in [0.1, 0.15) is 0 Å². The molecule has 4 nitrogen and oxygen atoms in total. The highest BCUT2D eigenvalue weighted by Gasteiger charge is 1.91. The molecule has 1 aromatic heterocycles. The number of nitrogens with zero attached hydrogens (tertiary/aromatic N) is 1. The maximum absolute atomic E-state index is 8.63. The van der Waals surface area contributed by atoms with Crippen molar-refractivity contribution in [1.82, 2.24) is 10.2 Å². The second-order valence-corrected chi connectivity index (χ2v) is 1.39. The molecular formula is C4H7N3O. The normalized spacial score (nSPS) is 9.12. The molecule has 0 aliphatic heterocycles. The summed E-state index contributed by atoms with van der Waals surface area (Å²) in [4.78, 5) is 0. The molecule has 0 unspecified atom stereocenters. The molecule has 0 aliphatic rings. The monoisotopic (exact) mass is 113 g/mol. The van der Waals surface area contributed by atoms with E-state index in [-0.39, 0.29) is 5.88 Å². The number of aromatic nitrogens is 2. The lowest BCUT2D eigenvalue weighted by atomic mass is 10.6. The number of aromatic amines is 1. The molecular weight excluding hydrogens is 106 g/mol. The Bertz CT molecular complexity index is 172. The van der Waals surface area contributed by atoms with Crippen LogP contribution in [0, 0.1) is 0 Å². The lowest BCUT2D eigenvalue weighted by Gasteiger charge is -1.83. The average molecular weight is 113 g/mol. The summed E-state index contributed by atoms with van der Waals surface area (Å²) < 4.78 is 0. The Kier molecular flexibility index (Phi) is 1.07. The van der Waals surface area contributed by atoms with Gasteiger partial charge in [-0.05, 0) is 0 Å². The molecule has 0 bridgehead atoms. The molecule has 1 rings (SSSR count). The molecule has 0 aliphatic carbocycles. The number of rotatable bonds is 1. The summed E-state index contributed by atoms with van der Waals surface area (Å²) in [6, 6.07) is 1.50. The fraction of sp³-hybridized carbons (Fsp3) is 0.250. The van der Waals surface area contributed by atoms with Gasteiger partial charge < -0.3 is 10.4 Å². The van der Waals surface area contributed by atoms with E-state index in [1.807, 2.05) is 0 Å². The zero-order valence-electron chi connectivity index (χ0n) is 4.47. The number of anilines is 1. The number of nitrogens with one attached hydrogen (secondary N) is 2. The van der Waals surface area contributed by atoms with Gasteiger partial charge in [0.25, 0.3) is 0 Å². The van der Waals surface area contributed by atoms with Crippen molar-refractivity contribution in [2.24, 2.45) is 0 Å². The van der Waals surface area contributed by atoms with Gasteiger partial charge in [-0.1, -0.05) is 0 Å². The number of aromatic hydroxyl groups is 1. The molecule has 44 valence electrons. The summed E-state index contributed by atoms with van der Waals surface area (Å²) >= 11 is 0. The maximum Gasteiger partial charge on any atom is 0.208 e. The summed E-state index contributed by atoms with van der Waals surface area (Å²) in [6.45, 7) is 0. The number of H-pyrrole nitrogens is 1. The first-order valence-electron chi connectivity index (χ1n) is 2.25. The Labute approximate surface area is 46.5 Å². The van der Waals surface area contributed by atoms with Gasteiger partial charge in [-0.15, -0.1) is 0 Å². The average Bonchev–Trinajstić information content (AvgIpc) is 2.14. The fourth-order valence-electron chi connectivity index (χ4n) is 0.440.